The summed E-state index contributed by atoms with van der Waals surface area (Å²) in [4.78, 5) is 38.1. The van der Waals surface area contributed by atoms with Crippen molar-refractivity contribution in [3.05, 3.63) is 97.2 Å². The number of hydrogen-bond acceptors (Lipinski definition) is 6. The van der Waals surface area contributed by atoms with E-state index in [1.54, 1.807) is 0 Å². The average molecular weight is 960 g/mol. The Hall–Kier alpha value is -3.67. The third-order valence-electron chi connectivity index (χ3n) is 12.1. The zero-order chi connectivity index (χ0) is 50.0. The van der Waals surface area contributed by atoms with Gasteiger partial charge in [-0.1, -0.05) is 259 Å². The highest BCUT2D eigenvalue weighted by molar-refractivity contribution is 5.71. The highest BCUT2D eigenvalue weighted by atomic mass is 16.6. The molecular weight excluding hydrogens is 853 g/mol. The average Bonchev–Trinajstić information content (AvgIpc) is 3.35. The molecule has 0 saturated heterocycles. The van der Waals surface area contributed by atoms with Gasteiger partial charge in [-0.2, -0.15) is 0 Å². The van der Waals surface area contributed by atoms with Crippen LogP contribution in [0.25, 0.3) is 0 Å². The lowest BCUT2D eigenvalue weighted by molar-refractivity contribution is -0.166. The lowest BCUT2D eigenvalue weighted by atomic mass is 10.0. The molecule has 0 radical (unpaired) electrons. The van der Waals surface area contributed by atoms with Crippen LogP contribution in [0.5, 0.6) is 0 Å². The van der Waals surface area contributed by atoms with Crippen LogP contribution in [-0.4, -0.2) is 37.2 Å². The fourth-order valence-corrected chi connectivity index (χ4v) is 7.81. The van der Waals surface area contributed by atoms with E-state index in [1.807, 2.05) is 6.08 Å². The predicted octanol–water partition coefficient (Wildman–Crippen LogP) is 19.3. The number of esters is 3. The van der Waals surface area contributed by atoms with Gasteiger partial charge in [-0.3, -0.25) is 14.4 Å². The minimum Gasteiger partial charge on any atom is -0.462 e. The molecular formula is C63H106O6. The molecule has 6 heteroatoms. The molecule has 0 aromatic heterocycles. The predicted molar refractivity (Wildman–Crippen MR) is 297 cm³/mol. The Morgan fingerprint density at radius 3 is 1.04 bits per heavy atom. The second-order valence-corrected chi connectivity index (χ2v) is 18.9. The number of allylic oxidation sites excluding steroid dienone is 16. The quantitative estimate of drug-likeness (QED) is 0.0199. The summed E-state index contributed by atoms with van der Waals surface area (Å²) in [7, 11) is 0. The molecule has 1 unspecified atom stereocenters. The van der Waals surface area contributed by atoms with Gasteiger partial charge in [-0.15, -0.1) is 0 Å². The van der Waals surface area contributed by atoms with Crippen LogP contribution < -0.4 is 0 Å². The maximum Gasteiger partial charge on any atom is 0.306 e. The van der Waals surface area contributed by atoms with E-state index in [9.17, 15) is 14.4 Å². The minimum absolute atomic E-state index is 0.110. The molecule has 0 N–H and O–H groups in total. The van der Waals surface area contributed by atoms with E-state index in [-0.39, 0.29) is 44.0 Å². The second-order valence-electron chi connectivity index (χ2n) is 18.9. The van der Waals surface area contributed by atoms with Crippen molar-refractivity contribution in [2.75, 3.05) is 13.2 Å². The van der Waals surface area contributed by atoms with Crippen LogP contribution >= 0.6 is 0 Å². The second kappa shape index (κ2) is 56.9. The molecule has 0 aromatic carbocycles. The summed E-state index contributed by atoms with van der Waals surface area (Å²) in [5.41, 5.74) is 0. The molecule has 6 nitrogen and oxygen atoms in total. The molecule has 0 aliphatic carbocycles. The van der Waals surface area contributed by atoms with Crippen LogP contribution in [0.15, 0.2) is 97.2 Å². The summed E-state index contributed by atoms with van der Waals surface area (Å²) >= 11 is 0. The van der Waals surface area contributed by atoms with Crippen LogP contribution in [0.1, 0.15) is 265 Å². The van der Waals surface area contributed by atoms with Gasteiger partial charge in [0.15, 0.2) is 6.10 Å². The highest BCUT2D eigenvalue weighted by Gasteiger charge is 2.19. The highest BCUT2D eigenvalue weighted by Crippen LogP contribution is 2.15. The first-order chi connectivity index (χ1) is 34.0. The molecule has 1 atom stereocenters. The van der Waals surface area contributed by atoms with E-state index in [2.05, 4.69) is 112 Å². The zero-order valence-electron chi connectivity index (χ0n) is 45.0. The Morgan fingerprint density at radius 2 is 0.638 bits per heavy atom. The Kier molecular flexibility index (Phi) is 53.9. The molecule has 0 spiro atoms. The molecule has 0 rings (SSSR count). The monoisotopic (exact) mass is 959 g/mol. The number of carbonyl (C=O) groups is 3. The molecule has 0 aromatic rings. The normalized spacial score (nSPS) is 12.8. The fourth-order valence-electron chi connectivity index (χ4n) is 7.81. The molecule has 0 aliphatic rings. The fraction of sp³-hybridized carbons (Fsp3) is 0.698. The number of unbranched alkanes of at least 4 members (excludes halogenated alkanes) is 25. The van der Waals surface area contributed by atoms with Crippen molar-refractivity contribution in [3.8, 4) is 0 Å². The first-order valence-electron chi connectivity index (χ1n) is 28.8. The third kappa shape index (κ3) is 55.1. The third-order valence-corrected chi connectivity index (χ3v) is 12.1. The molecule has 394 valence electrons. The van der Waals surface area contributed by atoms with Crippen molar-refractivity contribution in [2.45, 2.75) is 271 Å². The van der Waals surface area contributed by atoms with E-state index >= 15 is 0 Å². The molecule has 0 amide bonds. The lowest BCUT2D eigenvalue weighted by Gasteiger charge is -2.18. The standard InChI is InChI=1S/C63H106O6/c1-4-7-10-13-16-19-22-25-28-31-32-33-36-38-41-44-47-50-53-56-62(65)68-59-60(69-63(66)57-54-51-48-45-42-39-35-30-27-24-21-18-15-12-9-6-3)58-67-61(64)55-52-49-46-43-40-37-34-29-26-23-20-17-14-11-8-5-2/h7,10,16,19,25,28,30,32-33,35,38-39,41-42,47,50,60H,4-6,8-9,11-15,17-18,20-24,26-27,29,31,34,36-37,40,43-46,48-49,51-59H2,1-3H3/b10-7-,19-16-,28-25-,33-32-,35-30-,41-38-,42-39-,50-47-. The smallest absolute Gasteiger partial charge is 0.306 e. The number of rotatable bonds is 51. The maximum atomic E-state index is 12.8. The van der Waals surface area contributed by atoms with Gasteiger partial charge in [0.05, 0.1) is 0 Å². The summed E-state index contributed by atoms with van der Waals surface area (Å²) < 4.78 is 16.8. The summed E-state index contributed by atoms with van der Waals surface area (Å²) in [5, 5.41) is 0. The van der Waals surface area contributed by atoms with Gasteiger partial charge in [0.1, 0.15) is 13.2 Å². The molecule has 0 saturated carbocycles. The van der Waals surface area contributed by atoms with Crippen LogP contribution in [-0.2, 0) is 28.6 Å². The van der Waals surface area contributed by atoms with Gasteiger partial charge in [0, 0.05) is 19.3 Å². The van der Waals surface area contributed by atoms with Crippen LogP contribution in [0.3, 0.4) is 0 Å². The Bertz CT molecular complexity index is 1380. The van der Waals surface area contributed by atoms with Crippen molar-refractivity contribution in [3.63, 3.8) is 0 Å². The van der Waals surface area contributed by atoms with E-state index in [1.165, 1.54) is 128 Å². The van der Waals surface area contributed by atoms with Crippen molar-refractivity contribution < 1.29 is 28.6 Å². The van der Waals surface area contributed by atoms with Crippen LogP contribution in [0.2, 0.25) is 0 Å². The van der Waals surface area contributed by atoms with E-state index in [4.69, 9.17) is 14.2 Å². The van der Waals surface area contributed by atoms with Crippen molar-refractivity contribution in [1.29, 1.82) is 0 Å². The summed E-state index contributed by atoms with van der Waals surface area (Å²) in [5.74, 6) is -1.02. The van der Waals surface area contributed by atoms with Crippen LogP contribution in [0, 0.1) is 0 Å². The molecule has 0 aliphatic heterocycles. The summed E-state index contributed by atoms with van der Waals surface area (Å²) in [6.07, 6.45) is 75.5. The molecule has 0 heterocycles. The summed E-state index contributed by atoms with van der Waals surface area (Å²) in [6.45, 7) is 6.45. The van der Waals surface area contributed by atoms with E-state index in [0.717, 1.165) is 89.9 Å². The Balaban J connectivity index is 4.53. The molecule has 0 fully saturated rings. The van der Waals surface area contributed by atoms with Crippen molar-refractivity contribution in [2.24, 2.45) is 0 Å². The number of hydrogen-bond donors (Lipinski definition) is 0. The zero-order valence-corrected chi connectivity index (χ0v) is 45.0. The van der Waals surface area contributed by atoms with Gasteiger partial charge in [0.2, 0.25) is 0 Å². The SMILES string of the molecule is CC/C=C\C/C=C\C/C=C\C/C=C\C/C=C\C/C=C\CCC(=O)OCC(COC(=O)CCCCCCCCCCCCCCCCCC)OC(=O)CCCCC/C=C\C=C/CCCCCCCCC. The largest absolute Gasteiger partial charge is 0.462 e. The van der Waals surface area contributed by atoms with Crippen LogP contribution in [0.4, 0.5) is 0 Å². The van der Waals surface area contributed by atoms with Gasteiger partial charge < -0.3 is 14.2 Å². The summed E-state index contributed by atoms with van der Waals surface area (Å²) in [6, 6.07) is 0. The Morgan fingerprint density at radius 1 is 0.319 bits per heavy atom. The van der Waals surface area contributed by atoms with Crippen molar-refractivity contribution in [1.82, 2.24) is 0 Å². The number of carbonyl (C=O) groups excluding carboxylic acids is 3. The van der Waals surface area contributed by atoms with E-state index < -0.39 is 6.10 Å². The van der Waals surface area contributed by atoms with Crippen molar-refractivity contribution >= 4 is 17.9 Å². The van der Waals surface area contributed by atoms with Gasteiger partial charge >= 0.3 is 17.9 Å². The lowest BCUT2D eigenvalue weighted by Crippen LogP contribution is -2.30. The van der Waals surface area contributed by atoms with E-state index in [0.29, 0.717) is 12.8 Å². The first-order valence-corrected chi connectivity index (χ1v) is 28.8. The van der Waals surface area contributed by atoms with Gasteiger partial charge in [0.25, 0.3) is 0 Å². The van der Waals surface area contributed by atoms with Gasteiger partial charge in [-0.05, 0) is 83.5 Å². The van der Waals surface area contributed by atoms with Gasteiger partial charge in [-0.25, -0.2) is 0 Å². The Labute approximate surface area is 426 Å². The maximum absolute atomic E-state index is 12.8. The molecule has 0 bridgehead atoms. The number of ether oxygens (including phenoxy) is 3. The first kappa shape index (κ1) is 65.3. The minimum atomic E-state index is -0.821. The topological polar surface area (TPSA) is 78.9 Å². The molecule has 69 heavy (non-hydrogen) atoms.